The van der Waals surface area contributed by atoms with E-state index < -0.39 is 0 Å². The molecule has 1 saturated heterocycles. The summed E-state index contributed by atoms with van der Waals surface area (Å²) >= 11 is 1.79. The van der Waals surface area contributed by atoms with Crippen LogP contribution in [-0.2, 0) is 0 Å². The van der Waals surface area contributed by atoms with Gasteiger partial charge in [-0.3, -0.25) is 0 Å². The summed E-state index contributed by atoms with van der Waals surface area (Å²) in [5.74, 6) is 1.84. The van der Waals surface area contributed by atoms with E-state index in [0.717, 1.165) is 23.9 Å². The Morgan fingerprint density at radius 1 is 1.38 bits per heavy atom. The van der Waals surface area contributed by atoms with Crippen LogP contribution >= 0.6 is 11.8 Å². The standard InChI is InChI=1S/C12H16N2OS/c1-9-3-4-11(7-10(9)2)13-12(15)14-5-6-16-8-14/h3-4,7H,5-6,8H2,1-2H3,(H,13,15). The number of benzene rings is 1. The molecule has 3 nitrogen and oxygen atoms in total. The summed E-state index contributed by atoms with van der Waals surface area (Å²) in [4.78, 5) is 13.6. The molecule has 86 valence electrons. The highest BCUT2D eigenvalue weighted by molar-refractivity contribution is 7.99. The van der Waals surface area contributed by atoms with Crippen LogP contribution in [0.1, 0.15) is 11.1 Å². The van der Waals surface area contributed by atoms with Gasteiger partial charge in [-0.2, -0.15) is 0 Å². The van der Waals surface area contributed by atoms with E-state index in [4.69, 9.17) is 0 Å². The van der Waals surface area contributed by atoms with E-state index in [1.807, 2.05) is 23.1 Å². The van der Waals surface area contributed by atoms with Gasteiger partial charge >= 0.3 is 6.03 Å². The van der Waals surface area contributed by atoms with Crippen molar-refractivity contribution >= 4 is 23.5 Å². The van der Waals surface area contributed by atoms with Crippen molar-refractivity contribution in [2.24, 2.45) is 0 Å². The van der Waals surface area contributed by atoms with Crippen molar-refractivity contribution in [1.82, 2.24) is 4.90 Å². The molecule has 2 amide bonds. The number of anilines is 1. The Bertz CT molecular complexity index is 400. The predicted molar refractivity (Wildman–Crippen MR) is 69.0 cm³/mol. The molecule has 0 radical (unpaired) electrons. The molecule has 1 aliphatic heterocycles. The quantitative estimate of drug-likeness (QED) is 0.813. The van der Waals surface area contributed by atoms with Gasteiger partial charge < -0.3 is 10.2 Å². The molecule has 1 aromatic carbocycles. The van der Waals surface area contributed by atoms with E-state index in [2.05, 4.69) is 19.2 Å². The van der Waals surface area contributed by atoms with Crippen LogP contribution in [0.25, 0.3) is 0 Å². The number of carbonyl (C=O) groups excluding carboxylic acids is 1. The van der Waals surface area contributed by atoms with Gasteiger partial charge in [0.05, 0.1) is 5.88 Å². The molecular weight excluding hydrogens is 220 g/mol. The normalized spacial score (nSPS) is 15.2. The molecule has 0 aliphatic carbocycles. The first-order valence-corrected chi connectivity index (χ1v) is 6.53. The largest absolute Gasteiger partial charge is 0.322 e. The fraction of sp³-hybridized carbons (Fsp3) is 0.417. The molecule has 16 heavy (non-hydrogen) atoms. The van der Waals surface area contributed by atoms with Crippen LogP contribution in [0.5, 0.6) is 0 Å². The Balaban J connectivity index is 2.02. The summed E-state index contributed by atoms with van der Waals surface area (Å²) in [6.45, 7) is 4.97. The topological polar surface area (TPSA) is 32.3 Å². The van der Waals surface area contributed by atoms with Crippen molar-refractivity contribution in [2.45, 2.75) is 13.8 Å². The molecule has 1 aliphatic rings. The first-order chi connectivity index (χ1) is 7.66. The van der Waals surface area contributed by atoms with Crippen molar-refractivity contribution in [1.29, 1.82) is 0 Å². The van der Waals surface area contributed by atoms with Crippen molar-refractivity contribution in [3.63, 3.8) is 0 Å². The lowest BCUT2D eigenvalue weighted by molar-refractivity contribution is 0.225. The average Bonchev–Trinajstić information content (AvgIpc) is 2.77. The second-order valence-corrected chi connectivity index (χ2v) is 5.10. The number of carbonyl (C=O) groups is 1. The van der Waals surface area contributed by atoms with E-state index >= 15 is 0 Å². The average molecular weight is 236 g/mol. The van der Waals surface area contributed by atoms with Gasteiger partial charge in [0.15, 0.2) is 0 Å². The summed E-state index contributed by atoms with van der Waals surface area (Å²) in [6, 6.07) is 6.00. The van der Waals surface area contributed by atoms with Gasteiger partial charge in [-0.25, -0.2) is 4.79 Å². The molecular formula is C12H16N2OS. The number of nitrogens with zero attached hydrogens (tertiary/aromatic N) is 1. The Kier molecular flexibility index (Phi) is 3.39. The minimum atomic E-state index is 0.00764. The Morgan fingerprint density at radius 3 is 2.81 bits per heavy atom. The van der Waals surface area contributed by atoms with Gasteiger partial charge in [-0.1, -0.05) is 6.07 Å². The van der Waals surface area contributed by atoms with E-state index in [9.17, 15) is 4.79 Å². The zero-order valence-corrected chi connectivity index (χ0v) is 10.4. The van der Waals surface area contributed by atoms with Gasteiger partial charge in [0, 0.05) is 18.0 Å². The maximum absolute atomic E-state index is 11.8. The lowest BCUT2D eigenvalue weighted by Crippen LogP contribution is -2.32. The lowest BCUT2D eigenvalue weighted by atomic mass is 10.1. The number of thioether (sulfide) groups is 1. The maximum Gasteiger partial charge on any atom is 0.322 e. The minimum Gasteiger partial charge on any atom is -0.314 e. The Morgan fingerprint density at radius 2 is 2.19 bits per heavy atom. The monoisotopic (exact) mass is 236 g/mol. The molecule has 0 spiro atoms. The fourth-order valence-corrected chi connectivity index (χ4v) is 2.54. The van der Waals surface area contributed by atoms with Crippen molar-refractivity contribution in [2.75, 3.05) is 23.5 Å². The summed E-state index contributed by atoms with van der Waals surface area (Å²) < 4.78 is 0. The molecule has 1 fully saturated rings. The number of urea groups is 1. The summed E-state index contributed by atoms with van der Waals surface area (Å²) in [6.07, 6.45) is 0. The minimum absolute atomic E-state index is 0.00764. The molecule has 0 saturated carbocycles. The van der Waals surface area contributed by atoms with E-state index in [1.54, 1.807) is 11.8 Å². The summed E-state index contributed by atoms with van der Waals surface area (Å²) in [5.41, 5.74) is 3.33. The third-order valence-corrected chi connectivity index (χ3v) is 3.76. The first-order valence-electron chi connectivity index (χ1n) is 5.38. The third kappa shape index (κ3) is 2.50. The highest BCUT2D eigenvalue weighted by Crippen LogP contribution is 2.17. The van der Waals surface area contributed by atoms with Crippen LogP contribution in [0.2, 0.25) is 0 Å². The van der Waals surface area contributed by atoms with Gasteiger partial charge in [0.1, 0.15) is 0 Å². The van der Waals surface area contributed by atoms with Gasteiger partial charge in [0.25, 0.3) is 0 Å². The summed E-state index contributed by atoms with van der Waals surface area (Å²) in [5, 5.41) is 2.93. The van der Waals surface area contributed by atoms with Gasteiger partial charge in [-0.15, -0.1) is 11.8 Å². The fourth-order valence-electron chi connectivity index (χ4n) is 1.60. The number of aryl methyl sites for hydroxylation is 2. The van der Waals surface area contributed by atoms with Crippen LogP contribution in [0.15, 0.2) is 18.2 Å². The molecule has 0 atom stereocenters. The Labute approximate surface area is 100 Å². The molecule has 4 heteroatoms. The van der Waals surface area contributed by atoms with Crippen molar-refractivity contribution < 1.29 is 4.79 Å². The number of nitrogens with one attached hydrogen (secondary N) is 1. The highest BCUT2D eigenvalue weighted by Gasteiger charge is 2.17. The summed E-state index contributed by atoms with van der Waals surface area (Å²) in [7, 11) is 0. The van der Waals surface area contributed by atoms with Crippen LogP contribution in [0, 0.1) is 13.8 Å². The molecule has 0 bridgehead atoms. The highest BCUT2D eigenvalue weighted by atomic mass is 32.2. The second-order valence-electron chi connectivity index (χ2n) is 4.03. The molecule has 0 unspecified atom stereocenters. The number of hydrogen-bond acceptors (Lipinski definition) is 2. The zero-order valence-electron chi connectivity index (χ0n) is 9.62. The SMILES string of the molecule is Cc1ccc(NC(=O)N2CCSC2)cc1C. The molecule has 0 aromatic heterocycles. The molecule has 1 aromatic rings. The Hall–Kier alpha value is -1.16. The predicted octanol–water partition coefficient (Wildman–Crippen LogP) is 2.84. The van der Waals surface area contributed by atoms with Gasteiger partial charge in [0.2, 0.25) is 0 Å². The molecule has 1 N–H and O–H groups in total. The van der Waals surface area contributed by atoms with Crippen LogP contribution in [0.3, 0.4) is 0 Å². The second kappa shape index (κ2) is 4.78. The smallest absolute Gasteiger partial charge is 0.314 e. The van der Waals surface area contributed by atoms with Crippen LogP contribution in [-0.4, -0.2) is 29.1 Å². The van der Waals surface area contributed by atoms with Crippen LogP contribution in [0.4, 0.5) is 10.5 Å². The number of hydrogen-bond donors (Lipinski definition) is 1. The van der Waals surface area contributed by atoms with Crippen molar-refractivity contribution in [3.8, 4) is 0 Å². The van der Waals surface area contributed by atoms with Crippen molar-refractivity contribution in [3.05, 3.63) is 29.3 Å². The zero-order chi connectivity index (χ0) is 11.5. The first kappa shape index (κ1) is 11.3. The molecule has 2 rings (SSSR count). The van der Waals surface area contributed by atoms with E-state index in [0.29, 0.717) is 0 Å². The third-order valence-electron chi connectivity index (χ3n) is 2.80. The van der Waals surface area contributed by atoms with Crippen LogP contribution < -0.4 is 5.32 Å². The maximum atomic E-state index is 11.8. The van der Waals surface area contributed by atoms with Gasteiger partial charge in [-0.05, 0) is 37.1 Å². The van der Waals surface area contributed by atoms with E-state index in [-0.39, 0.29) is 6.03 Å². The number of amides is 2. The number of rotatable bonds is 1. The molecule has 1 heterocycles. The lowest BCUT2D eigenvalue weighted by Gasteiger charge is -2.15. The van der Waals surface area contributed by atoms with E-state index in [1.165, 1.54) is 11.1 Å².